The zero-order chi connectivity index (χ0) is 21.3. The smallest absolute Gasteiger partial charge is 0.422 e. The van der Waals surface area contributed by atoms with Crippen LogP contribution in [0.15, 0.2) is 29.3 Å². The lowest BCUT2D eigenvalue weighted by atomic mass is 10.2. The van der Waals surface area contributed by atoms with Crippen LogP contribution >= 0.6 is 0 Å². The normalized spacial score (nSPS) is 17.1. The number of hydrogen-bond donors (Lipinski definition) is 2. The third-order valence-corrected chi connectivity index (χ3v) is 4.17. The predicted octanol–water partition coefficient (Wildman–Crippen LogP) is 1.93. The van der Waals surface area contributed by atoms with Crippen LogP contribution in [0.1, 0.15) is 18.4 Å². The molecule has 0 spiro atoms. The van der Waals surface area contributed by atoms with E-state index in [1.54, 1.807) is 26.2 Å². The monoisotopic (exact) mass is 416 g/mol. The van der Waals surface area contributed by atoms with Gasteiger partial charge in [-0.1, -0.05) is 12.1 Å². The second-order valence-corrected chi connectivity index (χ2v) is 6.87. The lowest BCUT2D eigenvalue weighted by Gasteiger charge is -2.17. The summed E-state index contributed by atoms with van der Waals surface area (Å²) in [5.74, 6) is 0.511. The van der Waals surface area contributed by atoms with E-state index in [0.29, 0.717) is 12.5 Å². The average Bonchev–Trinajstić information content (AvgIpc) is 3.19. The molecule has 29 heavy (non-hydrogen) atoms. The van der Waals surface area contributed by atoms with Crippen LogP contribution in [0.3, 0.4) is 0 Å². The molecule has 0 bridgehead atoms. The van der Waals surface area contributed by atoms with Crippen LogP contribution in [0.4, 0.5) is 13.2 Å². The van der Waals surface area contributed by atoms with Crippen molar-refractivity contribution in [2.24, 2.45) is 4.99 Å². The summed E-state index contributed by atoms with van der Waals surface area (Å²) < 4.78 is 46.9. The largest absolute Gasteiger partial charge is 0.484 e. The first-order chi connectivity index (χ1) is 13.7. The minimum atomic E-state index is -4.37. The summed E-state index contributed by atoms with van der Waals surface area (Å²) in [4.78, 5) is 17.7. The molecule has 1 heterocycles. The Hall–Kier alpha value is -2.49. The van der Waals surface area contributed by atoms with Gasteiger partial charge in [-0.25, -0.2) is 4.99 Å². The third-order valence-electron chi connectivity index (χ3n) is 4.17. The number of halogens is 3. The molecule has 0 radical (unpaired) electrons. The van der Waals surface area contributed by atoms with Crippen molar-refractivity contribution in [1.29, 1.82) is 0 Å². The van der Waals surface area contributed by atoms with E-state index < -0.39 is 12.8 Å². The number of nitrogens with one attached hydrogen (secondary N) is 2. The number of amides is 1. The van der Waals surface area contributed by atoms with Crippen molar-refractivity contribution < 1.29 is 27.4 Å². The molecule has 1 aliphatic heterocycles. The topological polar surface area (TPSA) is 75.2 Å². The van der Waals surface area contributed by atoms with Gasteiger partial charge < -0.3 is 25.0 Å². The van der Waals surface area contributed by atoms with Gasteiger partial charge in [0.15, 0.2) is 12.6 Å². The summed E-state index contributed by atoms with van der Waals surface area (Å²) in [5, 5.41) is 6.15. The van der Waals surface area contributed by atoms with E-state index in [1.165, 1.54) is 17.0 Å². The Morgan fingerprint density at radius 2 is 2.00 bits per heavy atom. The number of alkyl halides is 3. The van der Waals surface area contributed by atoms with Gasteiger partial charge in [-0.3, -0.25) is 4.79 Å². The molecule has 1 unspecified atom stereocenters. The molecule has 162 valence electrons. The maximum absolute atomic E-state index is 12.2. The maximum Gasteiger partial charge on any atom is 0.422 e. The first-order valence-electron chi connectivity index (χ1n) is 9.35. The Morgan fingerprint density at radius 3 is 2.59 bits per heavy atom. The molecule has 0 aliphatic carbocycles. The van der Waals surface area contributed by atoms with E-state index >= 15 is 0 Å². The number of aliphatic imine (C=N–C) groups is 1. The van der Waals surface area contributed by atoms with Gasteiger partial charge in [0.25, 0.3) is 0 Å². The zero-order valence-corrected chi connectivity index (χ0v) is 16.6. The van der Waals surface area contributed by atoms with Crippen LogP contribution in [0, 0.1) is 0 Å². The second-order valence-electron chi connectivity index (χ2n) is 6.87. The van der Waals surface area contributed by atoms with E-state index in [0.717, 1.165) is 25.0 Å². The standard InChI is InChI=1S/C19H27F3N4O3/c1-26(2)17(27)12-25-18(24-11-16-4-3-9-28-16)23-10-14-5-7-15(8-6-14)29-13-19(20,21)22/h5-8,16H,3-4,9-13H2,1-2H3,(H2,23,24,25). The average molecular weight is 416 g/mol. The molecular formula is C19H27F3N4O3. The van der Waals surface area contributed by atoms with Crippen LogP contribution in [-0.2, 0) is 16.1 Å². The Bertz CT molecular complexity index is 672. The van der Waals surface area contributed by atoms with Crippen molar-refractivity contribution in [3.05, 3.63) is 29.8 Å². The molecule has 2 rings (SSSR count). The molecule has 0 saturated carbocycles. The molecule has 2 N–H and O–H groups in total. The molecule has 1 fully saturated rings. The fraction of sp³-hybridized carbons (Fsp3) is 0.579. The lowest BCUT2D eigenvalue weighted by Crippen LogP contribution is -2.45. The molecular weight excluding hydrogens is 389 g/mol. The van der Waals surface area contributed by atoms with E-state index in [2.05, 4.69) is 15.6 Å². The molecule has 7 nitrogen and oxygen atoms in total. The van der Waals surface area contributed by atoms with E-state index in [-0.39, 0.29) is 30.9 Å². The highest BCUT2D eigenvalue weighted by atomic mass is 19.4. The quantitative estimate of drug-likeness (QED) is 0.500. The molecule has 1 aliphatic rings. The number of ether oxygens (including phenoxy) is 2. The number of carbonyl (C=O) groups is 1. The summed E-state index contributed by atoms with van der Waals surface area (Å²) in [6, 6.07) is 6.24. The van der Waals surface area contributed by atoms with Crippen LogP contribution in [0.25, 0.3) is 0 Å². The molecule has 1 aromatic rings. The van der Waals surface area contributed by atoms with Gasteiger partial charge >= 0.3 is 6.18 Å². The van der Waals surface area contributed by atoms with Crippen molar-refractivity contribution in [3.8, 4) is 5.75 Å². The Labute approximate surface area is 168 Å². The van der Waals surface area contributed by atoms with Crippen molar-refractivity contribution in [2.45, 2.75) is 31.7 Å². The number of rotatable bonds is 8. The Kier molecular flexibility index (Phi) is 8.56. The van der Waals surface area contributed by atoms with Gasteiger partial charge in [0, 0.05) is 27.2 Å². The highest BCUT2D eigenvalue weighted by Gasteiger charge is 2.28. The SMILES string of the molecule is CN(C)C(=O)CNC(=NCc1ccc(OCC(F)(F)F)cc1)NCC1CCCO1. The fourth-order valence-electron chi connectivity index (χ4n) is 2.53. The highest BCUT2D eigenvalue weighted by Crippen LogP contribution is 2.19. The first kappa shape index (κ1) is 22.8. The molecule has 1 aromatic carbocycles. The van der Waals surface area contributed by atoms with Crippen LogP contribution in [0.5, 0.6) is 5.75 Å². The highest BCUT2D eigenvalue weighted by molar-refractivity contribution is 5.86. The minimum Gasteiger partial charge on any atom is -0.484 e. The summed E-state index contributed by atoms with van der Waals surface area (Å²) in [6.07, 6.45) is -2.27. The summed E-state index contributed by atoms with van der Waals surface area (Å²) in [5.41, 5.74) is 0.793. The first-order valence-corrected chi connectivity index (χ1v) is 9.35. The van der Waals surface area contributed by atoms with Crippen molar-refractivity contribution in [3.63, 3.8) is 0 Å². The number of carbonyl (C=O) groups excluding carboxylic acids is 1. The number of likely N-dealkylation sites (N-methyl/N-ethyl adjacent to an activating group) is 1. The fourth-order valence-corrected chi connectivity index (χ4v) is 2.53. The second kappa shape index (κ2) is 10.9. The third kappa shape index (κ3) is 9.03. The van der Waals surface area contributed by atoms with Crippen molar-refractivity contribution >= 4 is 11.9 Å². The Morgan fingerprint density at radius 1 is 1.28 bits per heavy atom. The van der Waals surface area contributed by atoms with Crippen LogP contribution in [-0.4, -0.2) is 69.4 Å². The number of guanidine groups is 1. The minimum absolute atomic E-state index is 0.0918. The van der Waals surface area contributed by atoms with E-state index in [4.69, 9.17) is 9.47 Å². The van der Waals surface area contributed by atoms with Crippen molar-refractivity contribution in [2.75, 3.05) is 40.4 Å². The van der Waals surface area contributed by atoms with Gasteiger partial charge in [-0.15, -0.1) is 0 Å². The predicted molar refractivity (Wildman–Crippen MR) is 103 cm³/mol. The van der Waals surface area contributed by atoms with E-state index in [1.807, 2.05) is 0 Å². The summed E-state index contributed by atoms with van der Waals surface area (Å²) >= 11 is 0. The molecule has 10 heteroatoms. The lowest BCUT2D eigenvalue weighted by molar-refractivity contribution is -0.153. The molecule has 1 amide bonds. The van der Waals surface area contributed by atoms with Gasteiger partial charge in [-0.2, -0.15) is 13.2 Å². The van der Waals surface area contributed by atoms with Gasteiger partial charge in [-0.05, 0) is 30.5 Å². The van der Waals surface area contributed by atoms with Crippen LogP contribution in [0.2, 0.25) is 0 Å². The summed E-state index contributed by atoms with van der Waals surface area (Å²) in [7, 11) is 3.34. The molecule has 1 atom stereocenters. The van der Waals surface area contributed by atoms with Gasteiger partial charge in [0.2, 0.25) is 5.91 Å². The number of benzene rings is 1. The number of hydrogen-bond acceptors (Lipinski definition) is 4. The van der Waals surface area contributed by atoms with Crippen molar-refractivity contribution in [1.82, 2.24) is 15.5 Å². The van der Waals surface area contributed by atoms with Gasteiger partial charge in [0.1, 0.15) is 5.75 Å². The Balaban J connectivity index is 1.92. The van der Waals surface area contributed by atoms with Gasteiger partial charge in [0.05, 0.1) is 19.2 Å². The molecule has 1 saturated heterocycles. The molecule has 0 aromatic heterocycles. The van der Waals surface area contributed by atoms with Crippen LogP contribution < -0.4 is 15.4 Å². The number of nitrogens with zero attached hydrogens (tertiary/aromatic N) is 2. The summed E-state index contributed by atoms with van der Waals surface area (Å²) in [6.45, 7) is 0.372. The maximum atomic E-state index is 12.2. The zero-order valence-electron chi connectivity index (χ0n) is 16.6. The van der Waals surface area contributed by atoms with E-state index in [9.17, 15) is 18.0 Å².